The number of nitro benzene ring substituents is 1. The lowest BCUT2D eigenvalue weighted by Gasteiger charge is -2.29. The zero-order chi connectivity index (χ0) is 20.9. The van der Waals surface area contributed by atoms with Gasteiger partial charge in [0.25, 0.3) is 5.69 Å². The van der Waals surface area contributed by atoms with E-state index < -0.39 is 34.2 Å². The second-order valence-electron chi connectivity index (χ2n) is 5.96. The standard InChI is InChI=1S/C18H17N3O7/c19-15(22)14(10-11-4-2-1-3-5-11)18(20,16(23)24)17(25)28-13-8-6-12(7-9-13)21(26)27/h1-9,14H,10,20H2,(H2,19,22)(H,23,24)/t14?,18-/m1/s1. The van der Waals surface area contributed by atoms with Crippen molar-refractivity contribution in [2.45, 2.75) is 12.0 Å². The number of hydrogen-bond acceptors (Lipinski definition) is 7. The highest BCUT2D eigenvalue weighted by molar-refractivity contribution is 6.08. The lowest BCUT2D eigenvalue weighted by molar-refractivity contribution is -0.384. The summed E-state index contributed by atoms with van der Waals surface area (Å²) in [5, 5.41) is 20.2. The van der Waals surface area contributed by atoms with Gasteiger partial charge in [0, 0.05) is 12.1 Å². The molecule has 1 amide bonds. The molecular weight excluding hydrogens is 370 g/mol. The average molecular weight is 387 g/mol. The smallest absolute Gasteiger partial charge is 0.344 e. The van der Waals surface area contributed by atoms with Crippen molar-refractivity contribution in [1.82, 2.24) is 0 Å². The molecule has 2 rings (SSSR count). The van der Waals surface area contributed by atoms with Gasteiger partial charge in [0.15, 0.2) is 0 Å². The Morgan fingerprint density at radius 3 is 2.14 bits per heavy atom. The summed E-state index contributed by atoms with van der Waals surface area (Å²) in [6.45, 7) is 0. The molecule has 1 unspecified atom stereocenters. The maximum Gasteiger partial charge on any atom is 0.344 e. The van der Waals surface area contributed by atoms with Gasteiger partial charge in [0.05, 0.1) is 10.8 Å². The van der Waals surface area contributed by atoms with Crippen molar-refractivity contribution in [1.29, 1.82) is 0 Å². The van der Waals surface area contributed by atoms with Crippen LogP contribution in [0.4, 0.5) is 5.69 Å². The van der Waals surface area contributed by atoms with Crippen LogP contribution in [0.2, 0.25) is 0 Å². The van der Waals surface area contributed by atoms with Gasteiger partial charge in [-0.3, -0.25) is 14.9 Å². The molecule has 0 aliphatic heterocycles. The molecule has 0 aromatic heterocycles. The van der Waals surface area contributed by atoms with E-state index in [0.29, 0.717) is 5.56 Å². The quantitative estimate of drug-likeness (QED) is 0.194. The van der Waals surface area contributed by atoms with Gasteiger partial charge in [-0.1, -0.05) is 30.3 Å². The Balaban J connectivity index is 2.33. The molecule has 0 radical (unpaired) electrons. The molecule has 0 bridgehead atoms. The van der Waals surface area contributed by atoms with E-state index in [1.165, 1.54) is 0 Å². The van der Waals surface area contributed by atoms with E-state index in [9.17, 15) is 29.6 Å². The third-order valence-electron chi connectivity index (χ3n) is 4.13. The van der Waals surface area contributed by atoms with Crippen molar-refractivity contribution >= 4 is 23.5 Å². The Morgan fingerprint density at radius 2 is 1.68 bits per heavy atom. The normalized spacial score (nSPS) is 13.8. The number of primary amides is 1. The number of ether oxygens (including phenoxy) is 1. The zero-order valence-corrected chi connectivity index (χ0v) is 14.5. The van der Waals surface area contributed by atoms with E-state index in [0.717, 1.165) is 24.3 Å². The molecule has 0 aliphatic carbocycles. The van der Waals surface area contributed by atoms with Crippen molar-refractivity contribution in [2.75, 3.05) is 0 Å². The second-order valence-corrected chi connectivity index (χ2v) is 5.96. The number of carboxylic acids is 1. The second kappa shape index (κ2) is 8.27. The Morgan fingerprint density at radius 1 is 1.11 bits per heavy atom. The van der Waals surface area contributed by atoms with Crippen molar-refractivity contribution in [3.8, 4) is 5.75 Å². The number of nitrogens with zero attached hydrogens (tertiary/aromatic N) is 1. The third kappa shape index (κ3) is 4.30. The number of carboxylic acid groups (broad SMARTS) is 1. The van der Waals surface area contributed by atoms with E-state index in [1.54, 1.807) is 30.3 Å². The zero-order valence-electron chi connectivity index (χ0n) is 14.5. The molecule has 2 aromatic carbocycles. The SMILES string of the molecule is NC(=O)C(Cc1ccccc1)[C@@](N)(C(=O)O)C(=O)Oc1ccc([N+](=O)[O-])cc1. The van der Waals surface area contributed by atoms with Crippen LogP contribution in [0.1, 0.15) is 5.56 Å². The molecule has 0 aliphatic rings. The van der Waals surface area contributed by atoms with E-state index in [4.69, 9.17) is 16.2 Å². The Kier molecular flexibility index (Phi) is 6.06. The number of non-ortho nitro benzene ring substituents is 1. The summed E-state index contributed by atoms with van der Waals surface area (Å²) in [7, 11) is 0. The summed E-state index contributed by atoms with van der Waals surface area (Å²) in [6, 6.07) is 12.7. The molecule has 10 nitrogen and oxygen atoms in total. The topological polar surface area (TPSA) is 176 Å². The lowest BCUT2D eigenvalue weighted by atomic mass is 9.80. The Labute approximate surface area is 158 Å². The lowest BCUT2D eigenvalue weighted by Crippen LogP contribution is -2.65. The summed E-state index contributed by atoms with van der Waals surface area (Å²) >= 11 is 0. The van der Waals surface area contributed by atoms with Crippen LogP contribution in [0.3, 0.4) is 0 Å². The first-order chi connectivity index (χ1) is 13.2. The molecule has 0 saturated carbocycles. The largest absolute Gasteiger partial charge is 0.479 e. The first kappa shape index (κ1) is 20.5. The molecule has 0 fully saturated rings. The summed E-state index contributed by atoms with van der Waals surface area (Å²) in [6.07, 6.45) is -0.200. The highest BCUT2D eigenvalue weighted by Gasteiger charge is 2.53. The fourth-order valence-electron chi connectivity index (χ4n) is 2.54. The average Bonchev–Trinajstić information content (AvgIpc) is 2.66. The maximum atomic E-state index is 12.6. The van der Waals surface area contributed by atoms with Crippen LogP contribution in [0.15, 0.2) is 54.6 Å². The number of benzene rings is 2. The molecule has 10 heteroatoms. The van der Waals surface area contributed by atoms with Crippen LogP contribution in [0.5, 0.6) is 5.75 Å². The molecule has 0 heterocycles. The number of carbonyl (C=O) groups excluding carboxylic acids is 2. The van der Waals surface area contributed by atoms with Gasteiger partial charge < -0.3 is 21.3 Å². The minimum atomic E-state index is -2.76. The van der Waals surface area contributed by atoms with Gasteiger partial charge in [-0.05, 0) is 24.1 Å². The summed E-state index contributed by atoms with van der Waals surface area (Å²) < 4.78 is 4.97. The molecule has 0 saturated heterocycles. The summed E-state index contributed by atoms with van der Waals surface area (Å²) in [5.41, 5.74) is 8.68. The monoisotopic (exact) mass is 387 g/mol. The molecule has 0 spiro atoms. The van der Waals surface area contributed by atoms with Gasteiger partial charge in [0.2, 0.25) is 11.4 Å². The molecule has 146 valence electrons. The van der Waals surface area contributed by atoms with Crippen molar-refractivity contribution in [3.63, 3.8) is 0 Å². The van der Waals surface area contributed by atoms with Crippen LogP contribution >= 0.6 is 0 Å². The third-order valence-corrected chi connectivity index (χ3v) is 4.13. The molecule has 2 atom stereocenters. The predicted octanol–water partition coefficient (Wildman–Crippen LogP) is 0.627. The van der Waals surface area contributed by atoms with Gasteiger partial charge >= 0.3 is 11.9 Å². The number of nitrogens with two attached hydrogens (primary N) is 2. The van der Waals surface area contributed by atoms with Crippen LogP contribution in [-0.4, -0.2) is 33.4 Å². The number of aliphatic carboxylic acids is 1. The van der Waals surface area contributed by atoms with Gasteiger partial charge in [-0.25, -0.2) is 9.59 Å². The van der Waals surface area contributed by atoms with E-state index in [-0.39, 0.29) is 17.9 Å². The highest BCUT2D eigenvalue weighted by Crippen LogP contribution is 2.25. The number of amides is 1. The fraction of sp³-hybridized carbons (Fsp3) is 0.167. The van der Waals surface area contributed by atoms with Crippen molar-refractivity contribution < 1.29 is 29.2 Å². The van der Waals surface area contributed by atoms with Crippen LogP contribution in [-0.2, 0) is 20.8 Å². The van der Waals surface area contributed by atoms with Gasteiger partial charge in [0.1, 0.15) is 5.75 Å². The summed E-state index contributed by atoms with van der Waals surface area (Å²) in [5.74, 6) is -6.07. The van der Waals surface area contributed by atoms with Gasteiger partial charge in [-0.2, -0.15) is 0 Å². The Hall–Kier alpha value is -3.79. The minimum Gasteiger partial charge on any atom is -0.479 e. The number of esters is 1. The summed E-state index contributed by atoms with van der Waals surface area (Å²) in [4.78, 5) is 46.3. The first-order valence-electron chi connectivity index (χ1n) is 7.98. The number of nitro groups is 1. The molecular formula is C18H17N3O7. The fourth-order valence-corrected chi connectivity index (χ4v) is 2.54. The minimum absolute atomic E-state index is 0.172. The number of carbonyl (C=O) groups is 3. The van der Waals surface area contributed by atoms with E-state index in [2.05, 4.69) is 0 Å². The molecule has 5 N–H and O–H groups in total. The van der Waals surface area contributed by atoms with Crippen molar-refractivity contribution in [3.05, 3.63) is 70.3 Å². The van der Waals surface area contributed by atoms with Crippen molar-refractivity contribution in [2.24, 2.45) is 17.4 Å². The molecule has 28 heavy (non-hydrogen) atoms. The Bertz CT molecular complexity index is 899. The predicted molar refractivity (Wildman–Crippen MR) is 96.1 cm³/mol. The first-order valence-corrected chi connectivity index (χ1v) is 7.98. The highest BCUT2D eigenvalue weighted by atomic mass is 16.6. The van der Waals surface area contributed by atoms with E-state index >= 15 is 0 Å². The van der Waals surface area contributed by atoms with Crippen LogP contribution < -0.4 is 16.2 Å². The number of hydrogen-bond donors (Lipinski definition) is 3. The van der Waals surface area contributed by atoms with Crippen LogP contribution in [0.25, 0.3) is 0 Å². The maximum absolute atomic E-state index is 12.6. The van der Waals surface area contributed by atoms with Crippen LogP contribution in [0, 0.1) is 16.0 Å². The van der Waals surface area contributed by atoms with E-state index in [1.807, 2.05) is 0 Å². The van der Waals surface area contributed by atoms with Gasteiger partial charge in [-0.15, -0.1) is 0 Å². The molecule has 2 aromatic rings. The number of rotatable bonds is 8.